The first-order valence-corrected chi connectivity index (χ1v) is 6.03. The Morgan fingerprint density at radius 1 is 1.42 bits per heavy atom. The van der Waals surface area contributed by atoms with Crippen LogP contribution in [0.4, 0.5) is 0 Å². The molecule has 0 amide bonds. The van der Waals surface area contributed by atoms with Gasteiger partial charge in [-0.3, -0.25) is 0 Å². The van der Waals surface area contributed by atoms with E-state index in [1.165, 1.54) is 7.05 Å². The quantitative estimate of drug-likeness (QED) is 0.270. The van der Waals surface area contributed by atoms with Crippen LogP contribution in [0, 0.1) is 12.1 Å². The fraction of sp³-hybridized carbons (Fsp3) is 0.400. The third-order valence-corrected chi connectivity index (χ3v) is 2.28. The van der Waals surface area contributed by atoms with Gasteiger partial charge in [-0.05, 0) is 44.9 Å². The fourth-order valence-electron chi connectivity index (χ4n) is 1.50. The molecule has 0 heterocycles. The molecule has 1 aromatic rings. The first-order valence-electron chi connectivity index (χ1n) is 6.03. The van der Waals surface area contributed by atoms with Gasteiger partial charge in [0.25, 0.3) is 0 Å². The SMILES string of the molecule is Cc1cc(C=C=[N+](C)[O-])ccc1C(=O)OC(C)(C)C. The summed E-state index contributed by atoms with van der Waals surface area (Å²) in [6.45, 7) is 7.32. The van der Waals surface area contributed by atoms with E-state index in [9.17, 15) is 10.0 Å². The Hall–Kier alpha value is -2.06. The van der Waals surface area contributed by atoms with Crippen LogP contribution < -0.4 is 0 Å². The van der Waals surface area contributed by atoms with Crippen LogP contribution in [0.3, 0.4) is 0 Å². The van der Waals surface area contributed by atoms with Crippen molar-refractivity contribution in [1.29, 1.82) is 0 Å². The van der Waals surface area contributed by atoms with Crippen molar-refractivity contribution in [2.24, 2.45) is 0 Å². The minimum Gasteiger partial charge on any atom is -0.615 e. The smallest absolute Gasteiger partial charge is 0.338 e. The largest absolute Gasteiger partial charge is 0.615 e. The van der Waals surface area contributed by atoms with Crippen LogP contribution in [-0.4, -0.2) is 29.2 Å². The van der Waals surface area contributed by atoms with E-state index >= 15 is 0 Å². The van der Waals surface area contributed by atoms with E-state index in [2.05, 4.69) is 5.87 Å². The molecular weight excluding hydrogens is 242 g/mol. The molecule has 0 aromatic heterocycles. The summed E-state index contributed by atoms with van der Waals surface area (Å²) in [6.07, 6.45) is 1.57. The van der Waals surface area contributed by atoms with Crippen molar-refractivity contribution >= 4 is 17.9 Å². The van der Waals surface area contributed by atoms with Gasteiger partial charge in [0.15, 0.2) is 12.9 Å². The summed E-state index contributed by atoms with van der Waals surface area (Å²) in [6, 6.07) is 5.26. The first kappa shape index (κ1) is 15.0. The number of aryl methyl sites for hydroxylation is 1. The van der Waals surface area contributed by atoms with Gasteiger partial charge >= 0.3 is 5.97 Å². The molecule has 0 spiro atoms. The van der Waals surface area contributed by atoms with Crippen LogP contribution in [-0.2, 0) is 4.74 Å². The van der Waals surface area contributed by atoms with E-state index in [4.69, 9.17) is 4.74 Å². The van der Waals surface area contributed by atoms with Gasteiger partial charge < -0.3 is 9.94 Å². The van der Waals surface area contributed by atoms with Gasteiger partial charge in [0, 0.05) is 0 Å². The third kappa shape index (κ3) is 4.98. The monoisotopic (exact) mass is 261 g/mol. The van der Waals surface area contributed by atoms with Gasteiger partial charge in [0.05, 0.1) is 11.6 Å². The molecule has 0 radical (unpaired) electrons. The van der Waals surface area contributed by atoms with E-state index in [-0.39, 0.29) is 5.97 Å². The lowest BCUT2D eigenvalue weighted by Gasteiger charge is -2.20. The number of carbonyl (C=O) groups excluding carboxylic acids is 1. The molecule has 1 aromatic carbocycles. The summed E-state index contributed by atoms with van der Waals surface area (Å²) in [5, 5.41) is 10.7. The average Bonchev–Trinajstić information content (AvgIpc) is 2.23. The van der Waals surface area contributed by atoms with Crippen molar-refractivity contribution < 1.29 is 14.3 Å². The highest BCUT2D eigenvalue weighted by atomic mass is 16.6. The molecule has 0 saturated carbocycles. The molecule has 4 heteroatoms. The maximum absolute atomic E-state index is 12.0. The molecule has 0 atom stereocenters. The van der Waals surface area contributed by atoms with Crippen molar-refractivity contribution in [2.45, 2.75) is 33.3 Å². The number of hydrogen-bond donors (Lipinski definition) is 0. The van der Waals surface area contributed by atoms with Crippen molar-refractivity contribution in [2.75, 3.05) is 7.05 Å². The van der Waals surface area contributed by atoms with Crippen LogP contribution in [0.2, 0.25) is 0 Å². The molecule has 0 unspecified atom stereocenters. The number of nitrogens with zero attached hydrogens (tertiary/aromatic N) is 1. The van der Waals surface area contributed by atoms with E-state index in [0.717, 1.165) is 11.1 Å². The summed E-state index contributed by atoms with van der Waals surface area (Å²) in [5.74, 6) is 2.17. The van der Waals surface area contributed by atoms with Crippen LogP contribution in [0.5, 0.6) is 0 Å². The number of hydroxylamine groups is 1. The molecular formula is C15H19NO3. The lowest BCUT2D eigenvalue weighted by molar-refractivity contribution is -0.414. The zero-order chi connectivity index (χ0) is 14.6. The molecule has 102 valence electrons. The number of benzene rings is 1. The van der Waals surface area contributed by atoms with E-state index < -0.39 is 5.60 Å². The Bertz CT molecular complexity index is 543. The topological polar surface area (TPSA) is 52.4 Å². The highest BCUT2D eigenvalue weighted by molar-refractivity contribution is 5.92. The van der Waals surface area contributed by atoms with Crippen LogP contribution in [0.1, 0.15) is 42.3 Å². The van der Waals surface area contributed by atoms with Crippen LogP contribution in [0.15, 0.2) is 18.2 Å². The number of carbonyl (C=O) groups is 1. The molecule has 0 fully saturated rings. The summed E-state index contributed by atoms with van der Waals surface area (Å²) >= 11 is 0. The third-order valence-electron chi connectivity index (χ3n) is 2.28. The number of rotatable bonds is 2. The normalized spacial score (nSPS) is 10.6. The Labute approximate surface area is 113 Å². The van der Waals surface area contributed by atoms with Gasteiger partial charge in [0.1, 0.15) is 5.60 Å². The zero-order valence-electron chi connectivity index (χ0n) is 12.0. The maximum atomic E-state index is 12.0. The Morgan fingerprint density at radius 2 is 2.05 bits per heavy atom. The predicted octanol–water partition coefficient (Wildman–Crippen LogP) is 2.77. The summed E-state index contributed by atoms with van der Waals surface area (Å²) in [7, 11) is 1.36. The van der Waals surface area contributed by atoms with Crippen molar-refractivity contribution in [3.63, 3.8) is 0 Å². The summed E-state index contributed by atoms with van der Waals surface area (Å²) in [4.78, 5) is 12.0. The molecule has 0 bridgehead atoms. The Balaban J connectivity index is 3.01. The highest BCUT2D eigenvalue weighted by Crippen LogP contribution is 2.16. The van der Waals surface area contributed by atoms with Gasteiger partial charge in [-0.2, -0.15) is 4.74 Å². The van der Waals surface area contributed by atoms with Crippen molar-refractivity contribution in [1.82, 2.24) is 0 Å². The fourth-order valence-corrected chi connectivity index (χ4v) is 1.50. The molecule has 4 nitrogen and oxygen atoms in total. The Kier molecular flexibility index (Phi) is 4.52. The van der Waals surface area contributed by atoms with Gasteiger partial charge in [-0.15, -0.1) is 0 Å². The maximum Gasteiger partial charge on any atom is 0.338 e. The minimum atomic E-state index is -0.513. The second-order valence-corrected chi connectivity index (χ2v) is 5.35. The molecule has 0 aliphatic heterocycles. The first-order chi connectivity index (χ1) is 8.69. The highest BCUT2D eigenvalue weighted by Gasteiger charge is 2.19. The number of hydrogen-bond acceptors (Lipinski definition) is 3. The van der Waals surface area contributed by atoms with E-state index in [0.29, 0.717) is 10.3 Å². The Morgan fingerprint density at radius 3 is 2.53 bits per heavy atom. The van der Waals surface area contributed by atoms with Gasteiger partial charge in [-0.1, -0.05) is 12.1 Å². The second kappa shape index (κ2) is 5.72. The molecule has 1 rings (SSSR count). The standard InChI is InChI=1S/C15H19NO3/c1-11-10-12(8-9-16(5)18)6-7-13(11)14(17)19-15(2,3)4/h6-8,10H,1-5H3. The van der Waals surface area contributed by atoms with Gasteiger partial charge in [-0.25, -0.2) is 4.79 Å². The molecule has 0 aliphatic rings. The predicted molar refractivity (Wildman–Crippen MR) is 75.4 cm³/mol. The van der Waals surface area contributed by atoms with Crippen molar-refractivity contribution in [3.05, 3.63) is 40.1 Å². The van der Waals surface area contributed by atoms with Gasteiger partial charge in [0.2, 0.25) is 0 Å². The summed E-state index contributed by atoms with van der Waals surface area (Å²) < 4.78 is 5.91. The molecule has 0 saturated heterocycles. The van der Waals surface area contributed by atoms with Crippen molar-refractivity contribution in [3.8, 4) is 0 Å². The molecule has 0 N–H and O–H groups in total. The second-order valence-electron chi connectivity index (χ2n) is 5.35. The molecule has 0 aliphatic carbocycles. The zero-order valence-corrected chi connectivity index (χ0v) is 12.0. The summed E-state index contributed by atoms with van der Waals surface area (Å²) in [5.41, 5.74) is 1.63. The lowest BCUT2D eigenvalue weighted by atomic mass is 10.0. The van der Waals surface area contributed by atoms with E-state index in [1.54, 1.807) is 18.2 Å². The van der Waals surface area contributed by atoms with E-state index in [1.807, 2.05) is 33.8 Å². The van der Waals surface area contributed by atoms with Crippen LogP contribution >= 0.6 is 0 Å². The number of ether oxygens (including phenoxy) is 1. The average molecular weight is 261 g/mol. The molecule has 19 heavy (non-hydrogen) atoms. The minimum absolute atomic E-state index is 0.342. The lowest BCUT2D eigenvalue weighted by Crippen LogP contribution is -2.24. The van der Waals surface area contributed by atoms with Crippen LogP contribution in [0.25, 0.3) is 6.08 Å². The number of esters is 1.